The van der Waals surface area contributed by atoms with E-state index in [2.05, 4.69) is 0 Å². The lowest BCUT2D eigenvalue weighted by atomic mass is 10.1. The van der Waals surface area contributed by atoms with Gasteiger partial charge in [-0.1, -0.05) is 36.4 Å². The van der Waals surface area contributed by atoms with E-state index in [1.165, 1.54) is 7.11 Å². The largest absolute Gasteiger partial charge is 0.492 e. The second-order valence-electron chi connectivity index (χ2n) is 4.24. The molecule has 0 aliphatic carbocycles. The van der Waals surface area contributed by atoms with Gasteiger partial charge in [-0.3, -0.25) is 4.79 Å². The van der Waals surface area contributed by atoms with Crippen molar-refractivity contribution in [2.24, 2.45) is 5.73 Å². The van der Waals surface area contributed by atoms with Crippen molar-refractivity contribution in [2.45, 2.75) is 6.61 Å². The van der Waals surface area contributed by atoms with Crippen LogP contribution in [0.4, 0.5) is 0 Å². The molecular weight excluding hydrogens is 254 g/mol. The highest BCUT2D eigenvalue weighted by molar-refractivity contribution is 6.00. The fourth-order valence-corrected chi connectivity index (χ4v) is 1.90. The average Bonchev–Trinajstić information content (AvgIpc) is 2.52. The van der Waals surface area contributed by atoms with Crippen LogP contribution in [-0.4, -0.2) is 19.4 Å². The lowest BCUT2D eigenvalue weighted by Gasteiger charge is -2.13. The van der Waals surface area contributed by atoms with E-state index in [-0.39, 0.29) is 12.3 Å². The van der Waals surface area contributed by atoms with E-state index in [1.807, 2.05) is 30.3 Å². The Balaban J connectivity index is 2.21. The highest BCUT2D eigenvalue weighted by atomic mass is 16.5. The predicted molar refractivity (Wildman–Crippen MR) is 77.2 cm³/mol. The van der Waals surface area contributed by atoms with Crippen LogP contribution in [0.3, 0.4) is 0 Å². The minimum atomic E-state index is -0.174. The molecule has 4 nitrogen and oxygen atoms in total. The predicted octanol–water partition coefficient (Wildman–Crippen LogP) is 2.42. The third-order valence-corrected chi connectivity index (χ3v) is 2.91. The molecule has 0 aliphatic heterocycles. The molecule has 2 rings (SSSR count). The summed E-state index contributed by atoms with van der Waals surface area (Å²) in [6, 6.07) is 15.0. The van der Waals surface area contributed by atoms with Gasteiger partial charge in [-0.2, -0.15) is 0 Å². The summed E-state index contributed by atoms with van der Waals surface area (Å²) in [5.74, 6) is 0.793. The third-order valence-electron chi connectivity index (χ3n) is 2.91. The summed E-state index contributed by atoms with van der Waals surface area (Å²) in [6.45, 7) is 0.357. The van der Waals surface area contributed by atoms with Crippen LogP contribution in [0.25, 0.3) is 0 Å². The topological polar surface area (TPSA) is 61.5 Å². The molecule has 2 aromatic rings. The molecular formula is C16H17NO3. The molecule has 0 aromatic heterocycles. The maximum Gasteiger partial charge on any atom is 0.180 e. The van der Waals surface area contributed by atoms with Crippen molar-refractivity contribution in [3.8, 4) is 11.5 Å². The quantitative estimate of drug-likeness (QED) is 0.820. The summed E-state index contributed by atoms with van der Waals surface area (Å²) < 4.78 is 11.0. The van der Waals surface area contributed by atoms with E-state index in [9.17, 15) is 4.79 Å². The molecule has 0 aliphatic rings. The smallest absolute Gasteiger partial charge is 0.180 e. The Bertz CT molecular complexity index is 582. The Morgan fingerprint density at radius 3 is 2.50 bits per heavy atom. The van der Waals surface area contributed by atoms with Gasteiger partial charge in [0, 0.05) is 0 Å². The zero-order valence-corrected chi connectivity index (χ0v) is 11.3. The molecule has 0 spiro atoms. The number of ketones is 1. The Kier molecular flexibility index (Phi) is 4.74. The van der Waals surface area contributed by atoms with Crippen LogP contribution in [-0.2, 0) is 6.61 Å². The van der Waals surface area contributed by atoms with E-state index >= 15 is 0 Å². The summed E-state index contributed by atoms with van der Waals surface area (Å²) in [7, 11) is 1.51. The second kappa shape index (κ2) is 6.73. The molecule has 0 unspecified atom stereocenters. The van der Waals surface area contributed by atoms with Gasteiger partial charge in [0.2, 0.25) is 0 Å². The van der Waals surface area contributed by atoms with Crippen molar-refractivity contribution in [1.82, 2.24) is 0 Å². The number of hydrogen-bond acceptors (Lipinski definition) is 4. The first kappa shape index (κ1) is 14.1. The van der Waals surface area contributed by atoms with Gasteiger partial charge in [-0.25, -0.2) is 0 Å². The van der Waals surface area contributed by atoms with Crippen LogP contribution in [0.2, 0.25) is 0 Å². The van der Waals surface area contributed by atoms with Gasteiger partial charge < -0.3 is 15.2 Å². The number of carbonyl (C=O) groups excluding carboxylic acids is 1. The number of carbonyl (C=O) groups is 1. The summed E-state index contributed by atoms with van der Waals surface area (Å²) >= 11 is 0. The number of ether oxygens (including phenoxy) is 2. The number of hydrogen-bond donors (Lipinski definition) is 1. The van der Waals surface area contributed by atoms with Gasteiger partial charge in [0.1, 0.15) is 6.61 Å². The number of rotatable bonds is 6. The van der Waals surface area contributed by atoms with E-state index < -0.39 is 0 Å². The molecule has 0 amide bonds. The molecule has 0 atom stereocenters. The number of benzene rings is 2. The molecule has 20 heavy (non-hydrogen) atoms. The first-order chi connectivity index (χ1) is 9.76. The Morgan fingerprint density at radius 1 is 1.10 bits per heavy atom. The highest BCUT2D eigenvalue weighted by Crippen LogP contribution is 2.31. The third kappa shape index (κ3) is 3.16. The average molecular weight is 271 g/mol. The van der Waals surface area contributed by atoms with Crippen molar-refractivity contribution in [3.05, 3.63) is 59.7 Å². The van der Waals surface area contributed by atoms with Crippen molar-refractivity contribution < 1.29 is 14.3 Å². The lowest BCUT2D eigenvalue weighted by Crippen LogP contribution is -2.15. The molecule has 0 radical (unpaired) electrons. The van der Waals surface area contributed by atoms with E-state index in [0.29, 0.717) is 23.7 Å². The standard InChI is InChI=1S/C16H17NO3/c1-19-16-13(14(18)10-17)8-5-9-15(16)20-11-12-6-3-2-4-7-12/h2-9H,10-11,17H2,1H3. The number of Topliss-reactive ketones (excluding diaryl/α,β-unsaturated/α-hetero) is 1. The minimum absolute atomic E-state index is 0.0570. The molecule has 0 saturated heterocycles. The van der Waals surface area contributed by atoms with Gasteiger partial charge >= 0.3 is 0 Å². The van der Waals surface area contributed by atoms with Crippen LogP contribution in [0.1, 0.15) is 15.9 Å². The molecule has 0 heterocycles. The highest BCUT2D eigenvalue weighted by Gasteiger charge is 2.15. The molecule has 0 bridgehead atoms. The maximum atomic E-state index is 11.8. The van der Waals surface area contributed by atoms with E-state index in [0.717, 1.165) is 5.56 Å². The SMILES string of the molecule is COc1c(OCc2ccccc2)cccc1C(=O)CN. The van der Waals surface area contributed by atoms with Crippen molar-refractivity contribution >= 4 is 5.78 Å². The summed E-state index contributed by atoms with van der Waals surface area (Å²) in [4.78, 5) is 11.8. The van der Waals surface area contributed by atoms with Crippen molar-refractivity contribution in [1.29, 1.82) is 0 Å². The van der Waals surface area contributed by atoms with Gasteiger partial charge in [0.25, 0.3) is 0 Å². The van der Waals surface area contributed by atoms with Crippen LogP contribution in [0.5, 0.6) is 11.5 Å². The summed E-state index contributed by atoms with van der Waals surface area (Å²) in [6.07, 6.45) is 0. The van der Waals surface area contributed by atoms with Crippen LogP contribution in [0, 0.1) is 0 Å². The van der Waals surface area contributed by atoms with Crippen LogP contribution in [0.15, 0.2) is 48.5 Å². The number of methoxy groups -OCH3 is 1. The first-order valence-corrected chi connectivity index (χ1v) is 6.33. The van der Waals surface area contributed by atoms with Crippen LogP contribution < -0.4 is 15.2 Å². The Hall–Kier alpha value is -2.33. The maximum absolute atomic E-state index is 11.8. The van der Waals surface area contributed by atoms with Crippen molar-refractivity contribution in [2.75, 3.05) is 13.7 Å². The number of nitrogens with two attached hydrogens (primary N) is 1. The fourth-order valence-electron chi connectivity index (χ4n) is 1.90. The molecule has 0 fully saturated rings. The summed E-state index contributed by atoms with van der Waals surface area (Å²) in [5.41, 5.74) is 6.89. The molecule has 2 aromatic carbocycles. The van der Waals surface area contributed by atoms with Gasteiger partial charge in [-0.05, 0) is 17.7 Å². The van der Waals surface area contributed by atoms with Gasteiger partial charge in [-0.15, -0.1) is 0 Å². The van der Waals surface area contributed by atoms with E-state index in [1.54, 1.807) is 18.2 Å². The van der Waals surface area contributed by atoms with Gasteiger partial charge in [0.05, 0.1) is 19.2 Å². The molecule has 2 N–H and O–H groups in total. The molecule has 4 heteroatoms. The number of para-hydroxylation sites is 1. The second-order valence-corrected chi connectivity index (χ2v) is 4.24. The minimum Gasteiger partial charge on any atom is -0.492 e. The molecule has 0 saturated carbocycles. The monoisotopic (exact) mass is 271 g/mol. The van der Waals surface area contributed by atoms with Crippen molar-refractivity contribution in [3.63, 3.8) is 0 Å². The van der Waals surface area contributed by atoms with E-state index in [4.69, 9.17) is 15.2 Å². The normalized spacial score (nSPS) is 10.1. The van der Waals surface area contributed by atoms with Crippen LogP contribution >= 0.6 is 0 Å². The Morgan fingerprint density at radius 2 is 1.85 bits per heavy atom. The summed E-state index contributed by atoms with van der Waals surface area (Å²) in [5, 5.41) is 0. The first-order valence-electron chi connectivity index (χ1n) is 6.33. The lowest BCUT2D eigenvalue weighted by molar-refractivity contribution is 0.0997. The fraction of sp³-hybridized carbons (Fsp3) is 0.188. The Labute approximate surface area is 118 Å². The molecule has 104 valence electrons. The van der Waals surface area contributed by atoms with Gasteiger partial charge in [0.15, 0.2) is 17.3 Å². The zero-order chi connectivity index (χ0) is 14.4. The zero-order valence-electron chi connectivity index (χ0n) is 11.3.